The molecule has 0 aromatic carbocycles. The van der Waals surface area contributed by atoms with E-state index in [1.54, 1.807) is 13.0 Å². The summed E-state index contributed by atoms with van der Waals surface area (Å²) in [4.78, 5) is 15.6. The lowest BCUT2D eigenvalue weighted by Gasteiger charge is -2.17. The van der Waals surface area contributed by atoms with Crippen LogP contribution < -0.4 is 5.32 Å². The highest BCUT2D eigenvalue weighted by atomic mass is 35.5. The first-order valence-electron chi connectivity index (χ1n) is 6.19. The van der Waals surface area contributed by atoms with Gasteiger partial charge in [-0.15, -0.1) is 0 Å². The highest BCUT2D eigenvalue weighted by Gasteiger charge is 2.13. The fourth-order valence-corrected chi connectivity index (χ4v) is 2.77. The van der Waals surface area contributed by atoms with Gasteiger partial charge < -0.3 is 5.32 Å². The molecule has 1 heterocycles. The third kappa shape index (κ3) is 5.44. The van der Waals surface area contributed by atoms with Crippen LogP contribution in [0.15, 0.2) is 18.3 Å². The van der Waals surface area contributed by atoms with Crippen molar-refractivity contribution in [3.8, 4) is 0 Å². The second-order valence-electron chi connectivity index (χ2n) is 4.23. The summed E-state index contributed by atoms with van der Waals surface area (Å²) in [5.74, 6) is -0.253. The van der Waals surface area contributed by atoms with E-state index in [1.165, 1.54) is 22.8 Å². The molecule has 0 atom stereocenters. The molecule has 6 nitrogen and oxygen atoms in total. The second kappa shape index (κ2) is 7.56. The van der Waals surface area contributed by atoms with E-state index in [9.17, 15) is 13.2 Å². The molecule has 0 unspecified atom stereocenters. The summed E-state index contributed by atoms with van der Waals surface area (Å²) in [7, 11) is -3.18. The van der Waals surface area contributed by atoms with Crippen molar-refractivity contribution in [3.05, 3.63) is 29.0 Å². The Kier molecular flexibility index (Phi) is 6.38. The van der Waals surface area contributed by atoms with E-state index in [2.05, 4.69) is 10.3 Å². The number of aromatic nitrogens is 1. The Morgan fingerprint density at radius 2 is 2.20 bits per heavy atom. The average molecular weight is 320 g/mol. The maximum absolute atomic E-state index is 11.8. The highest BCUT2D eigenvalue weighted by Crippen LogP contribution is 2.06. The van der Waals surface area contributed by atoms with Crippen LogP contribution in [0, 0.1) is 0 Å². The topological polar surface area (TPSA) is 79.4 Å². The van der Waals surface area contributed by atoms with Crippen LogP contribution in [0.3, 0.4) is 0 Å². The molecule has 0 bridgehead atoms. The minimum Gasteiger partial charge on any atom is -0.352 e. The molecule has 1 rings (SSSR count). The van der Waals surface area contributed by atoms with Crippen LogP contribution in [0.25, 0.3) is 0 Å². The first kappa shape index (κ1) is 16.9. The second-order valence-corrected chi connectivity index (χ2v) is 6.60. The number of hydrogen-bond acceptors (Lipinski definition) is 4. The first-order valence-corrected chi connectivity index (χ1v) is 8.42. The molecule has 20 heavy (non-hydrogen) atoms. The van der Waals surface area contributed by atoms with Gasteiger partial charge in [-0.05, 0) is 18.6 Å². The Morgan fingerprint density at radius 1 is 1.50 bits per heavy atom. The molecule has 112 valence electrons. The monoisotopic (exact) mass is 319 g/mol. The van der Waals surface area contributed by atoms with Gasteiger partial charge in [0, 0.05) is 31.4 Å². The Balaban J connectivity index is 2.40. The van der Waals surface area contributed by atoms with Crippen molar-refractivity contribution in [3.63, 3.8) is 0 Å². The third-order valence-corrected chi connectivity index (χ3v) is 4.27. The number of sulfonamides is 1. The summed E-state index contributed by atoms with van der Waals surface area (Å²) in [6, 6.07) is 3.04. The summed E-state index contributed by atoms with van der Waals surface area (Å²) in [6.07, 6.45) is 3.18. The van der Waals surface area contributed by atoms with E-state index in [4.69, 9.17) is 11.6 Å². The lowest BCUT2D eigenvalue weighted by atomic mass is 10.2. The van der Waals surface area contributed by atoms with E-state index in [1.807, 2.05) is 0 Å². The largest absolute Gasteiger partial charge is 0.352 e. The van der Waals surface area contributed by atoms with E-state index < -0.39 is 10.0 Å². The Bertz CT molecular complexity index is 563. The van der Waals surface area contributed by atoms with Crippen molar-refractivity contribution >= 4 is 27.5 Å². The SMILES string of the molecule is CCN(CCCNC(=O)c1ccnc(Cl)c1)S(C)(=O)=O. The zero-order chi connectivity index (χ0) is 15.2. The average Bonchev–Trinajstić information content (AvgIpc) is 2.37. The summed E-state index contributed by atoms with van der Waals surface area (Å²) >= 11 is 5.70. The fourth-order valence-electron chi connectivity index (χ4n) is 1.66. The quantitative estimate of drug-likeness (QED) is 0.603. The molecule has 1 amide bonds. The van der Waals surface area contributed by atoms with Crippen LogP contribution in [0.4, 0.5) is 0 Å². The molecule has 0 aliphatic carbocycles. The third-order valence-electron chi connectivity index (χ3n) is 2.68. The molecule has 8 heteroatoms. The lowest BCUT2D eigenvalue weighted by molar-refractivity contribution is 0.0952. The normalized spacial score (nSPS) is 11.6. The summed E-state index contributed by atoms with van der Waals surface area (Å²) in [5, 5.41) is 2.97. The molecular weight excluding hydrogens is 302 g/mol. The predicted octanol–water partition coefficient (Wildman–Crippen LogP) is 1.14. The smallest absolute Gasteiger partial charge is 0.251 e. The number of carbonyl (C=O) groups is 1. The van der Waals surface area contributed by atoms with Crippen molar-refractivity contribution in [2.75, 3.05) is 25.9 Å². The van der Waals surface area contributed by atoms with E-state index >= 15 is 0 Å². The zero-order valence-electron chi connectivity index (χ0n) is 11.5. The summed E-state index contributed by atoms with van der Waals surface area (Å²) in [5.41, 5.74) is 0.431. The lowest BCUT2D eigenvalue weighted by Crippen LogP contribution is -2.33. The van der Waals surface area contributed by atoms with Gasteiger partial charge in [0.2, 0.25) is 10.0 Å². The standard InChI is InChI=1S/C12H18ClN3O3S/c1-3-16(20(2,18)19)8-4-6-15-12(17)10-5-7-14-11(13)9-10/h5,7,9H,3-4,6,8H2,1-2H3,(H,15,17). The van der Waals surface area contributed by atoms with E-state index in [-0.39, 0.29) is 11.1 Å². The van der Waals surface area contributed by atoms with Gasteiger partial charge in [-0.25, -0.2) is 17.7 Å². The Morgan fingerprint density at radius 3 is 2.75 bits per heavy atom. The van der Waals surface area contributed by atoms with Gasteiger partial charge in [-0.2, -0.15) is 0 Å². The Hall–Kier alpha value is -1.18. The molecule has 1 aromatic rings. The number of nitrogens with zero attached hydrogens (tertiary/aromatic N) is 2. The molecule has 0 radical (unpaired) electrons. The van der Waals surface area contributed by atoms with Crippen molar-refractivity contribution in [1.82, 2.24) is 14.6 Å². The van der Waals surface area contributed by atoms with Crippen molar-refractivity contribution < 1.29 is 13.2 Å². The van der Waals surface area contributed by atoms with Gasteiger partial charge in [0.15, 0.2) is 0 Å². The Labute approximate surface area is 124 Å². The maximum Gasteiger partial charge on any atom is 0.251 e. The minimum absolute atomic E-state index is 0.253. The van der Waals surface area contributed by atoms with Crippen molar-refractivity contribution in [1.29, 1.82) is 0 Å². The molecule has 0 fully saturated rings. The summed E-state index contributed by atoms with van der Waals surface area (Å²) in [6.45, 7) is 2.98. The molecular formula is C12H18ClN3O3S. The van der Waals surface area contributed by atoms with Gasteiger partial charge in [-0.3, -0.25) is 4.79 Å². The van der Waals surface area contributed by atoms with Gasteiger partial charge in [0.25, 0.3) is 5.91 Å². The number of amides is 1. The van der Waals surface area contributed by atoms with Gasteiger partial charge >= 0.3 is 0 Å². The molecule has 0 aliphatic rings. The van der Waals surface area contributed by atoms with Crippen molar-refractivity contribution in [2.24, 2.45) is 0 Å². The zero-order valence-corrected chi connectivity index (χ0v) is 13.0. The molecule has 0 spiro atoms. The number of rotatable bonds is 7. The van der Waals surface area contributed by atoms with Gasteiger partial charge in [-0.1, -0.05) is 18.5 Å². The molecule has 0 saturated heterocycles. The summed E-state index contributed by atoms with van der Waals surface area (Å²) < 4.78 is 24.1. The molecule has 0 saturated carbocycles. The number of hydrogen-bond donors (Lipinski definition) is 1. The van der Waals surface area contributed by atoms with Crippen LogP contribution in [0.2, 0.25) is 5.15 Å². The number of pyridine rings is 1. The van der Waals surface area contributed by atoms with Crippen LogP contribution >= 0.6 is 11.6 Å². The van der Waals surface area contributed by atoms with E-state index in [0.717, 1.165) is 0 Å². The molecule has 1 N–H and O–H groups in total. The maximum atomic E-state index is 11.8. The predicted molar refractivity (Wildman–Crippen MR) is 78.3 cm³/mol. The number of nitrogens with one attached hydrogen (secondary N) is 1. The highest BCUT2D eigenvalue weighted by molar-refractivity contribution is 7.88. The minimum atomic E-state index is -3.18. The molecule has 0 aliphatic heterocycles. The van der Waals surface area contributed by atoms with Crippen molar-refractivity contribution in [2.45, 2.75) is 13.3 Å². The number of halogens is 1. The fraction of sp³-hybridized carbons (Fsp3) is 0.500. The van der Waals surface area contributed by atoms with Gasteiger partial charge in [0.1, 0.15) is 5.15 Å². The van der Waals surface area contributed by atoms with Crippen LogP contribution in [0.5, 0.6) is 0 Å². The van der Waals surface area contributed by atoms with Gasteiger partial charge in [0.05, 0.1) is 6.26 Å². The molecule has 1 aromatic heterocycles. The van der Waals surface area contributed by atoms with E-state index in [0.29, 0.717) is 31.6 Å². The van der Waals surface area contributed by atoms with Crippen LogP contribution in [-0.2, 0) is 10.0 Å². The number of carbonyl (C=O) groups excluding carboxylic acids is 1. The van der Waals surface area contributed by atoms with Crippen LogP contribution in [0.1, 0.15) is 23.7 Å². The first-order chi connectivity index (χ1) is 9.34. The van der Waals surface area contributed by atoms with Crippen LogP contribution in [-0.4, -0.2) is 49.5 Å².